The normalized spacial score (nSPS) is 18.2. The van der Waals surface area contributed by atoms with Gasteiger partial charge in [0.05, 0.1) is 24.2 Å². The van der Waals surface area contributed by atoms with E-state index in [0.717, 1.165) is 29.7 Å². The summed E-state index contributed by atoms with van der Waals surface area (Å²) in [4.78, 5) is 14.8. The first-order valence-electron chi connectivity index (χ1n) is 11.0. The lowest BCUT2D eigenvalue weighted by Gasteiger charge is -2.37. The Morgan fingerprint density at radius 1 is 1.18 bits per heavy atom. The van der Waals surface area contributed by atoms with Crippen molar-refractivity contribution in [3.8, 4) is 17.6 Å². The maximum atomic E-state index is 13.0. The van der Waals surface area contributed by atoms with E-state index in [1.54, 1.807) is 4.90 Å². The molecule has 1 aliphatic heterocycles. The van der Waals surface area contributed by atoms with Crippen molar-refractivity contribution in [2.75, 3.05) is 13.7 Å². The van der Waals surface area contributed by atoms with E-state index in [1.807, 2.05) is 56.4 Å². The van der Waals surface area contributed by atoms with Gasteiger partial charge >= 0.3 is 0 Å². The van der Waals surface area contributed by atoms with Gasteiger partial charge in [0, 0.05) is 29.8 Å². The Hall–Kier alpha value is -3.43. The van der Waals surface area contributed by atoms with Gasteiger partial charge in [-0.2, -0.15) is 5.26 Å². The van der Waals surface area contributed by atoms with Crippen molar-refractivity contribution in [2.45, 2.75) is 38.7 Å². The maximum absolute atomic E-state index is 13.0. The molecule has 0 radical (unpaired) electrons. The predicted octanol–water partition coefficient (Wildman–Crippen LogP) is 5.05. The number of carbonyl (C=O) groups is 1. The van der Waals surface area contributed by atoms with Crippen LogP contribution in [0, 0.1) is 11.3 Å². The molecule has 7 heteroatoms. The zero-order valence-corrected chi connectivity index (χ0v) is 19.5. The largest absolute Gasteiger partial charge is 0.490 e. The number of nitrogens with zero attached hydrogens (tertiary/aromatic N) is 2. The number of ketones is 1. The lowest BCUT2D eigenvalue weighted by molar-refractivity contribution is -0.116. The smallest absolute Gasteiger partial charge is 0.161 e. The van der Waals surface area contributed by atoms with Gasteiger partial charge in [0.25, 0.3) is 0 Å². The molecular weight excluding hydrogens is 438 g/mol. The second-order valence-corrected chi connectivity index (χ2v) is 8.53. The van der Waals surface area contributed by atoms with E-state index < -0.39 is 5.92 Å². The molecule has 33 heavy (non-hydrogen) atoms. The maximum Gasteiger partial charge on any atom is 0.161 e. The van der Waals surface area contributed by atoms with Crippen LogP contribution in [0.1, 0.15) is 43.2 Å². The first kappa shape index (κ1) is 22.8. The molecule has 2 aromatic rings. The van der Waals surface area contributed by atoms with Crippen molar-refractivity contribution in [3.63, 3.8) is 0 Å². The summed E-state index contributed by atoms with van der Waals surface area (Å²) < 4.78 is 11.9. The van der Waals surface area contributed by atoms with Crippen LogP contribution in [0.5, 0.6) is 11.5 Å². The number of halogens is 1. The molecule has 0 aromatic heterocycles. The van der Waals surface area contributed by atoms with Crippen molar-refractivity contribution < 1.29 is 14.3 Å². The Bertz CT molecular complexity index is 1200. The topological polar surface area (TPSA) is 88.6 Å². The highest BCUT2D eigenvalue weighted by molar-refractivity contribution is 6.30. The second kappa shape index (κ2) is 9.60. The zero-order valence-electron chi connectivity index (χ0n) is 18.7. The minimum absolute atomic E-state index is 0.0626. The number of hydrogen-bond donors (Lipinski definition) is 1. The minimum Gasteiger partial charge on any atom is -0.490 e. The molecule has 2 aliphatic rings. The van der Waals surface area contributed by atoms with Gasteiger partial charge in [-0.05, 0) is 55.2 Å². The third-order valence-corrected chi connectivity index (χ3v) is 6.29. The fraction of sp³-hybridized carbons (Fsp3) is 0.308. The first-order chi connectivity index (χ1) is 15.9. The lowest BCUT2D eigenvalue weighted by atomic mass is 9.76. The summed E-state index contributed by atoms with van der Waals surface area (Å²) in [7, 11) is 1.81. The Morgan fingerprint density at radius 2 is 2.00 bits per heavy atom. The van der Waals surface area contributed by atoms with E-state index in [9.17, 15) is 10.1 Å². The molecule has 0 bridgehead atoms. The summed E-state index contributed by atoms with van der Waals surface area (Å²) in [6.07, 6.45) is 2.01. The molecule has 1 aliphatic carbocycles. The van der Waals surface area contributed by atoms with Gasteiger partial charge in [0.15, 0.2) is 17.3 Å². The van der Waals surface area contributed by atoms with Gasteiger partial charge in [-0.3, -0.25) is 4.79 Å². The van der Waals surface area contributed by atoms with Gasteiger partial charge in [-0.25, -0.2) is 0 Å². The molecule has 170 valence electrons. The summed E-state index contributed by atoms with van der Waals surface area (Å²) >= 11 is 6.08. The molecule has 6 nitrogen and oxygen atoms in total. The van der Waals surface area contributed by atoms with Crippen LogP contribution < -0.4 is 15.2 Å². The Morgan fingerprint density at radius 3 is 2.73 bits per heavy atom. The highest BCUT2D eigenvalue weighted by atomic mass is 35.5. The molecule has 1 atom stereocenters. The van der Waals surface area contributed by atoms with Crippen LogP contribution in [0.2, 0.25) is 5.02 Å². The average molecular weight is 464 g/mol. The van der Waals surface area contributed by atoms with E-state index in [1.165, 1.54) is 0 Å². The standard InChI is InChI=1S/C26H26ClN3O3/c1-3-32-23-13-17(10-11-22(23)33-15-16-6-4-7-18(27)12-16)24-19(14-28)26(29)30(2)20-8-5-9-21(31)25(20)24/h4,6-7,10-13,24H,3,5,8-9,15,29H2,1-2H3/t24-/m0/s1. The highest BCUT2D eigenvalue weighted by Gasteiger charge is 2.38. The summed E-state index contributed by atoms with van der Waals surface area (Å²) in [6.45, 7) is 2.67. The van der Waals surface area contributed by atoms with Gasteiger partial charge in [-0.1, -0.05) is 29.8 Å². The van der Waals surface area contributed by atoms with E-state index in [2.05, 4.69) is 6.07 Å². The Kier molecular flexibility index (Phi) is 6.62. The second-order valence-electron chi connectivity index (χ2n) is 8.10. The number of ether oxygens (including phenoxy) is 2. The van der Waals surface area contributed by atoms with Gasteiger partial charge in [0.2, 0.25) is 0 Å². The van der Waals surface area contributed by atoms with E-state index in [0.29, 0.717) is 53.1 Å². The van der Waals surface area contributed by atoms with Crippen LogP contribution in [0.25, 0.3) is 0 Å². The van der Waals surface area contributed by atoms with Gasteiger partial charge < -0.3 is 20.1 Å². The number of Topliss-reactive ketones (excluding diaryl/α,β-unsaturated/α-hetero) is 1. The number of allylic oxidation sites excluding steroid dienone is 3. The summed E-state index contributed by atoms with van der Waals surface area (Å²) in [5.41, 5.74) is 9.98. The van der Waals surface area contributed by atoms with Crippen LogP contribution >= 0.6 is 11.6 Å². The molecule has 4 rings (SSSR count). The third-order valence-electron chi connectivity index (χ3n) is 6.05. The van der Waals surface area contributed by atoms with Crippen molar-refractivity contribution in [1.29, 1.82) is 5.26 Å². The summed E-state index contributed by atoms with van der Waals surface area (Å²) in [6, 6.07) is 15.3. The average Bonchev–Trinajstić information content (AvgIpc) is 2.81. The summed E-state index contributed by atoms with van der Waals surface area (Å²) in [5, 5.41) is 10.6. The molecule has 2 N–H and O–H groups in total. The molecule has 0 unspecified atom stereocenters. The van der Waals surface area contributed by atoms with Crippen molar-refractivity contribution in [1.82, 2.24) is 4.90 Å². The molecule has 2 aromatic carbocycles. The number of benzene rings is 2. The number of hydrogen-bond acceptors (Lipinski definition) is 6. The van der Waals surface area contributed by atoms with Crippen LogP contribution in [0.4, 0.5) is 0 Å². The van der Waals surface area contributed by atoms with Crippen LogP contribution in [-0.2, 0) is 11.4 Å². The molecule has 0 spiro atoms. The van der Waals surface area contributed by atoms with Crippen LogP contribution in [-0.4, -0.2) is 24.3 Å². The molecule has 0 saturated carbocycles. The fourth-order valence-corrected chi connectivity index (χ4v) is 4.69. The van der Waals surface area contributed by atoms with Crippen LogP contribution in [0.3, 0.4) is 0 Å². The quantitative estimate of drug-likeness (QED) is 0.645. The van der Waals surface area contributed by atoms with Crippen molar-refractivity contribution >= 4 is 17.4 Å². The fourth-order valence-electron chi connectivity index (χ4n) is 4.48. The van der Waals surface area contributed by atoms with Crippen molar-refractivity contribution in [3.05, 3.63) is 81.3 Å². The third kappa shape index (κ3) is 4.42. The van der Waals surface area contributed by atoms with E-state index in [-0.39, 0.29) is 5.78 Å². The molecule has 1 heterocycles. The van der Waals surface area contributed by atoms with E-state index >= 15 is 0 Å². The van der Waals surface area contributed by atoms with Gasteiger partial charge in [0.1, 0.15) is 12.4 Å². The SMILES string of the molecule is CCOc1cc([C@H]2C(C#N)=C(N)N(C)C3=C2C(=O)CCC3)ccc1OCc1cccc(Cl)c1. The van der Waals surface area contributed by atoms with E-state index in [4.69, 9.17) is 26.8 Å². The molecule has 0 saturated heterocycles. The number of carbonyl (C=O) groups excluding carboxylic acids is 1. The number of nitrogens with two attached hydrogens (primary N) is 1. The van der Waals surface area contributed by atoms with Crippen molar-refractivity contribution in [2.24, 2.45) is 5.73 Å². The first-order valence-corrected chi connectivity index (χ1v) is 11.4. The minimum atomic E-state index is -0.518. The molecule has 0 fully saturated rings. The summed E-state index contributed by atoms with van der Waals surface area (Å²) in [5.74, 6) is 1.06. The number of nitriles is 1. The Labute approximate surface area is 198 Å². The zero-order chi connectivity index (χ0) is 23.5. The number of rotatable bonds is 6. The predicted molar refractivity (Wildman–Crippen MR) is 127 cm³/mol. The highest BCUT2D eigenvalue weighted by Crippen LogP contribution is 2.45. The lowest BCUT2D eigenvalue weighted by Crippen LogP contribution is -2.36. The van der Waals surface area contributed by atoms with Crippen LogP contribution in [0.15, 0.2) is 65.1 Å². The van der Waals surface area contributed by atoms with Gasteiger partial charge in [-0.15, -0.1) is 0 Å². The Balaban J connectivity index is 1.73. The molecular formula is C26H26ClN3O3. The monoisotopic (exact) mass is 463 g/mol. The molecule has 0 amide bonds.